The number of carbonyl (C=O) groups excluding carboxylic acids is 1. The van der Waals surface area contributed by atoms with Crippen molar-refractivity contribution < 1.29 is 19.0 Å². The molecule has 0 unspecified atom stereocenters. The monoisotopic (exact) mass is 362 g/mol. The van der Waals surface area contributed by atoms with Gasteiger partial charge in [0.15, 0.2) is 0 Å². The number of hydrogen-bond acceptors (Lipinski definition) is 4. The van der Waals surface area contributed by atoms with Gasteiger partial charge in [0.2, 0.25) is 0 Å². The molecule has 2 fully saturated rings. The van der Waals surface area contributed by atoms with Crippen LogP contribution in [0.5, 0.6) is 0 Å². The zero-order valence-corrected chi connectivity index (χ0v) is 17.0. The number of carbonyl (C=O) groups is 1. The first-order chi connectivity index (χ1) is 12.2. The molecule has 5 atom stereocenters. The summed E-state index contributed by atoms with van der Waals surface area (Å²) in [6, 6.07) is 0. The molecule has 0 radical (unpaired) electrons. The van der Waals surface area contributed by atoms with Gasteiger partial charge in [0, 0.05) is 12.8 Å². The molecule has 0 aromatic carbocycles. The van der Waals surface area contributed by atoms with Crippen LogP contribution in [0.3, 0.4) is 0 Å². The second-order valence-corrected chi connectivity index (χ2v) is 8.88. The summed E-state index contributed by atoms with van der Waals surface area (Å²) in [4.78, 5) is 11.7. The molecule has 3 aliphatic heterocycles. The quantitative estimate of drug-likeness (QED) is 0.405. The molecule has 146 valence electrons. The van der Waals surface area contributed by atoms with Gasteiger partial charge in [-0.1, -0.05) is 23.3 Å². The van der Waals surface area contributed by atoms with E-state index in [1.165, 1.54) is 18.1 Å². The van der Waals surface area contributed by atoms with Crippen LogP contribution >= 0.6 is 0 Å². The number of ether oxygens (including phenoxy) is 3. The Bertz CT molecular complexity index is 601. The number of rotatable bonds is 2. The zero-order chi connectivity index (χ0) is 18.9. The topological polar surface area (TPSA) is 48.1 Å². The normalized spacial score (nSPS) is 45.2. The molecular weight excluding hydrogens is 328 g/mol. The Hall–Kier alpha value is -1.13. The van der Waals surface area contributed by atoms with Gasteiger partial charge in [-0.05, 0) is 66.2 Å². The third-order valence-corrected chi connectivity index (χ3v) is 6.41. The highest BCUT2D eigenvalue weighted by molar-refractivity contribution is 5.66. The summed E-state index contributed by atoms with van der Waals surface area (Å²) in [5, 5.41) is 0. The van der Waals surface area contributed by atoms with Gasteiger partial charge in [-0.15, -0.1) is 0 Å². The van der Waals surface area contributed by atoms with Crippen molar-refractivity contribution in [1.29, 1.82) is 0 Å². The standard InChI is InChI=1S/C22H34O4/c1-15-7-6-8-16(2)13-19-18(22(5)14-24-22)11-12-21(4,26-19)20(10-9-15)25-17(3)23/h7,13,18-20H,6,8-12,14H2,1-5H3/b15-7+,16-13+/t18-,19-,20-,21-,22+/m1/s1. The zero-order valence-electron chi connectivity index (χ0n) is 17.0. The van der Waals surface area contributed by atoms with E-state index < -0.39 is 5.60 Å². The summed E-state index contributed by atoms with van der Waals surface area (Å²) in [5.74, 6) is 0.139. The van der Waals surface area contributed by atoms with Gasteiger partial charge in [-0.2, -0.15) is 0 Å². The average Bonchev–Trinajstić information content (AvgIpc) is 3.28. The summed E-state index contributed by atoms with van der Waals surface area (Å²) in [6.07, 6.45) is 10.2. The van der Waals surface area contributed by atoms with Gasteiger partial charge in [-0.3, -0.25) is 4.79 Å². The van der Waals surface area contributed by atoms with E-state index >= 15 is 0 Å². The molecule has 0 N–H and O–H groups in total. The largest absolute Gasteiger partial charge is 0.459 e. The fraction of sp³-hybridized carbons (Fsp3) is 0.773. The molecule has 0 amide bonds. The van der Waals surface area contributed by atoms with Crippen LogP contribution in [-0.4, -0.2) is 36.0 Å². The molecule has 3 aliphatic rings. The van der Waals surface area contributed by atoms with Crippen molar-refractivity contribution in [3.8, 4) is 0 Å². The summed E-state index contributed by atoms with van der Waals surface area (Å²) in [5.41, 5.74) is 2.21. The fourth-order valence-electron chi connectivity index (χ4n) is 4.49. The molecule has 3 heterocycles. The molecule has 0 aromatic rings. The lowest BCUT2D eigenvalue weighted by atomic mass is 9.76. The summed E-state index contributed by atoms with van der Waals surface area (Å²) >= 11 is 0. The number of allylic oxidation sites excluding steroid dienone is 3. The SMILES string of the molecule is CC(=O)O[C@@H]1CC/C(C)=C/CC/C(C)=C/[C@H]2O[C@]1(C)CC[C@H]2[C@]1(C)CO1. The molecule has 4 heteroatoms. The molecule has 0 spiro atoms. The molecule has 2 bridgehead atoms. The van der Waals surface area contributed by atoms with E-state index in [-0.39, 0.29) is 23.8 Å². The van der Waals surface area contributed by atoms with Crippen LogP contribution in [0.15, 0.2) is 23.3 Å². The van der Waals surface area contributed by atoms with E-state index in [9.17, 15) is 4.79 Å². The maximum atomic E-state index is 11.7. The van der Waals surface area contributed by atoms with Gasteiger partial charge < -0.3 is 14.2 Å². The molecule has 2 saturated heterocycles. The Kier molecular flexibility index (Phi) is 5.64. The van der Waals surface area contributed by atoms with Crippen LogP contribution in [0.4, 0.5) is 0 Å². The van der Waals surface area contributed by atoms with Crippen LogP contribution in [0.2, 0.25) is 0 Å². The second-order valence-electron chi connectivity index (χ2n) is 8.88. The van der Waals surface area contributed by atoms with E-state index in [0.717, 1.165) is 45.1 Å². The van der Waals surface area contributed by atoms with E-state index in [0.29, 0.717) is 5.92 Å². The highest BCUT2D eigenvalue weighted by Crippen LogP contribution is 2.48. The number of epoxide rings is 1. The van der Waals surface area contributed by atoms with Crippen molar-refractivity contribution in [3.05, 3.63) is 23.3 Å². The van der Waals surface area contributed by atoms with Crippen LogP contribution in [-0.2, 0) is 19.0 Å². The minimum absolute atomic E-state index is 0.0174. The van der Waals surface area contributed by atoms with E-state index in [1.807, 2.05) is 0 Å². The lowest BCUT2D eigenvalue weighted by Gasteiger charge is -2.47. The van der Waals surface area contributed by atoms with Crippen LogP contribution in [0.25, 0.3) is 0 Å². The minimum atomic E-state index is -0.450. The first kappa shape index (κ1) is 19.6. The van der Waals surface area contributed by atoms with Gasteiger partial charge in [0.25, 0.3) is 0 Å². The maximum absolute atomic E-state index is 11.7. The van der Waals surface area contributed by atoms with Gasteiger partial charge in [0.05, 0.1) is 18.3 Å². The summed E-state index contributed by atoms with van der Waals surface area (Å²) < 4.78 is 18.2. The second kappa shape index (κ2) is 7.47. The molecule has 0 aromatic heterocycles. The Morgan fingerprint density at radius 1 is 1.15 bits per heavy atom. The highest BCUT2D eigenvalue weighted by atomic mass is 16.6. The Morgan fingerprint density at radius 3 is 2.54 bits per heavy atom. The van der Waals surface area contributed by atoms with Gasteiger partial charge in [0.1, 0.15) is 11.7 Å². The minimum Gasteiger partial charge on any atom is -0.459 e. The van der Waals surface area contributed by atoms with E-state index in [2.05, 4.69) is 39.8 Å². The van der Waals surface area contributed by atoms with Gasteiger partial charge in [-0.25, -0.2) is 0 Å². The molecule has 0 aliphatic carbocycles. The Morgan fingerprint density at radius 2 is 1.88 bits per heavy atom. The van der Waals surface area contributed by atoms with Crippen molar-refractivity contribution in [2.24, 2.45) is 5.92 Å². The van der Waals surface area contributed by atoms with Crippen LogP contribution < -0.4 is 0 Å². The lowest BCUT2D eigenvalue weighted by Crippen LogP contribution is -2.53. The lowest BCUT2D eigenvalue weighted by molar-refractivity contribution is -0.202. The summed E-state index contributed by atoms with van der Waals surface area (Å²) in [6.45, 7) is 11.0. The van der Waals surface area contributed by atoms with Gasteiger partial charge >= 0.3 is 5.97 Å². The van der Waals surface area contributed by atoms with Crippen molar-refractivity contribution in [2.45, 2.75) is 96.6 Å². The Balaban J connectivity index is 1.91. The molecule has 3 rings (SSSR count). The van der Waals surface area contributed by atoms with Crippen molar-refractivity contribution >= 4 is 5.97 Å². The first-order valence-electron chi connectivity index (χ1n) is 10.0. The molecule has 26 heavy (non-hydrogen) atoms. The van der Waals surface area contributed by atoms with Crippen LogP contribution in [0.1, 0.15) is 73.1 Å². The van der Waals surface area contributed by atoms with Crippen LogP contribution in [0, 0.1) is 5.92 Å². The predicted molar refractivity (Wildman–Crippen MR) is 102 cm³/mol. The van der Waals surface area contributed by atoms with Crippen molar-refractivity contribution in [1.82, 2.24) is 0 Å². The number of hydrogen-bond donors (Lipinski definition) is 0. The third kappa shape index (κ3) is 4.40. The van der Waals surface area contributed by atoms with Crippen molar-refractivity contribution in [3.63, 3.8) is 0 Å². The first-order valence-corrected chi connectivity index (χ1v) is 10.0. The average molecular weight is 363 g/mol. The fourth-order valence-corrected chi connectivity index (χ4v) is 4.49. The van der Waals surface area contributed by atoms with E-state index in [4.69, 9.17) is 14.2 Å². The molecular formula is C22H34O4. The predicted octanol–water partition coefficient (Wildman–Crippen LogP) is 4.73. The van der Waals surface area contributed by atoms with E-state index in [1.54, 1.807) is 0 Å². The highest BCUT2D eigenvalue weighted by Gasteiger charge is 2.55. The molecule has 0 saturated carbocycles. The maximum Gasteiger partial charge on any atom is 0.303 e. The molecule has 4 nitrogen and oxygen atoms in total. The Labute approximate surface area is 158 Å². The third-order valence-electron chi connectivity index (χ3n) is 6.41. The smallest absolute Gasteiger partial charge is 0.303 e. The number of esters is 1. The summed E-state index contributed by atoms with van der Waals surface area (Å²) in [7, 11) is 0. The number of fused-ring (bicyclic) bond motifs is 2. The van der Waals surface area contributed by atoms with Crippen molar-refractivity contribution in [2.75, 3.05) is 6.61 Å².